The molecule has 0 aliphatic rings. The van der Waals surface area contributed by atoms with Crippen molar-refractivity contribution in [3.05, 3.63) is 59.7 Å². The van der Waals surface area contributed by atoms with Gasteiger partial charge in [0, 0.05) is 12.5 Å². The lowest BCUT2D eigenvalue weighted by atomic mass is 10.1. The molecule has 0 bridgehead atoms. The third-order valence-corrected chi connectivity index (χ3v) is 2.96. The second kappa shape index (κ2) is 5.24. The summed E-state index contributed by atoms with van der Waals surface area (Å²) >= 11 is 0. The predicted octanol–water partition coefficient (Wildman–Crippen LogP) is 2.88. The molecule has 0 aliphatic heterocycles. The van der Waals surface area contributed by atoms with Gasteiger partial charge in [-0.3, -0.25) is 0 Å². The number of hydrogen-bond acceptors (Lipinski definition) is 5. The molecule has 2 aromatic carbocycles. The van der Waals surface area contributed by atoms with Gasteiger partial charge >= 0.3 is 0 Å². The van der Waals surface area contributed by atoms with Gasteiger partial charge in [-0.2, -0.15) is 4.98 Å². The second-order valence-corrected chi connectivity index (χ2v) is 4.52. The molecular weight excluding hydrogens is 275 g/mol. The van der Waals surface area contributed by atoms with E-state index in [0.717, 1.165) is 11.6 Å². The number of halogens is 1. The maximum absolute atomic E-state index is 12.9. The minimum atomic E-state index is -0.542. The Morgan fingerprint density at radius 2 is 1.81 bits per heavy atom. The number of benzene rings is 2. The number of aromatic hydroxyl groups is 2. The van der Waals surface area contributed by atoms with Gasteiger partial charge in [0.2, 0.25) is 0 Å². The number of rotatable bonds is 3. The first-order valence-corrected chi connectivity index (χ1v) is 6.21. The maximum Gasteiger partial charge on any atom is 0.261 e. The summed E-state index contributed by atoms with van der Waals surface area (Å²) in [7, 11) is 0. The highest BCUT2D eigenvalue weighted by molar-refractivity contribution is 5.61. The van der Waals surface area contributed by atoms with Crippen LogP contribution in [-0.2, 0) is 6.42 Å². The van der Waals surface area contributed by atoms with Crippen molar-refractivity contribution in [1.29, 1.82) is 0 Å². The van der Waals surface area contributed by atoms with Crippen LogP contribution in [0.5, 0.6) is 11.5 Å². The van der Waals surface area contributed by atoms with Crippen molar-refractivity contribution in [2.75, 3.05) is 0 Å². The third kappa shape index (κ3) is 2.84. The van der Waals surface area contributed by atoms with Crippen molar-refractivity contribution in [2.24, 2.45) is 0 Å². The van der Waals surface area contributed by atoms with Crippen molar-refractivity contribution in [3.8, 4) is 23.0 Å². The summed E-state index contributed by atoms with van der Waals surface area (Å²) in [5.41, 5.74) is 1.18. The minimum Gasteiger partial charge on any atom is -0.508 e. The van der Waals surface area contributed by atoms with Crippen LogP contribution in [0.15, 0.2) is 47.0 Å². The Labute approximate surface area is 119 Å². The predicted molar refractivity (Wildman–Crippen MR) is 72.3 cm³/mol. The van der Waals surface area contributed by atoms with Gasteiger partial charge in [0.05, 0.1) is 5.56 Å². The first-order valence-electron chi connectivity index (χ1n) is 6.21. The molecule has 2 N–H and O–H groups in total. The molecule has 0 spiro atoms. The van der Waals surface area contributed by atoms with E-state index in [2.05, 4.69) is 10.1 Å². The molecule has 106 valence electrons. The van der Waals surface area contributed by atoms with Crippen molar-refractivity contribution in [1.82, 2.24) is 10.1 Å². The second-order valence-electron chi connectivity index (χ2n) is 4.52. The standard InChI is InChI=1S/C15H11FN2O3/c16-10-3-6-12(13(20)8-10)15-17-14(18-21-15)7-9-1-4-11(19)5-2-9/h1-6,8,19-20H,7H2. The molecule has 21 heavy (non-hydrogen) atoms. The summed E-state index contributed by atoms with van der Waals surface area (Å²) in [5, 5.41) is 22.7. The Bertz CT molecular complexity index is 769. The first kappa shape index (κ1) is 13.1. The summed E-state index contributed by atoms with van der Waals surface area (Å²) in [4.78, 5) is 4.17. The van der Waals surface area contributed by atoms with E-state index in [9.17, 15) is 14.6 Å². The van der Waals surface area contributed by atoms with E-state index in [1.807, 2.05) is 0 Å². The van der Waals surface area contributed by atoms with Crippen LogP contribution in [0.1, 0.15) is 11.4 Å². The van der Waals surface area contributed by atoms with Gasteiger partial charge in [0.15, 0.2) is 5.82 Å². The van der Waals surface area contributed by atoms with Gasteiger partial charge in [-0.25, -0.2) is 4.39 Å². The van der Waals surface area contributed by atoms with E-state index in [0.29, 0.717) is 12.2 Å². The van der Waals surface area contributed by atoms with Gasteiger partial charge in [-0.1, -0.05) is 17.3 Å². The van der Waals surface area contributed by atoms with E-state index in [-0.39, 0.29) is 23.0 Å². The maximum atomic E-state index is 12.9. The number of aromatic nitrogens is 2. The Morgan fingerprint density at radius 1 is 1.05 bits per heavy atom. The van der Waals surface area contributed by atoms with Gasteiger partial charge in [-0.05, 0) is 29.8 Å². The molecule has 0 saturated heterocycles. The number of hydrogen-bond donors (Lipinski definition) is 2. The van der Waals surface area contributed by atoms with E-state index < -0.39 is 5.82 Å². The smallest absolute Gasteiger partial charge is 0.261 e. The molecule has 3 aromatic rings. The summed E-state index contributed by atoms with van der Waals surface area (Å²) in [5.74, 6) is -0.0561. The number of phenolic OH excluding ortho intramolecular Hbond substituents is 2. The molecule has 0 aliphatic carbocycles. The Morgan fingerprint density at radius 3 is 2.52 bits per heavy atom. The average molecular weight is 286 g/mol. The van der Waals surface area contributed by atoms with Crippen LogP contribution in [-0.4, -0.2) is 20.4 Å². The monoisotopic (exact) mass is 286 g/mol. The average Bonchev–Trinajstić information content (AvgIpc) is 2.90. The van der Waals surface area contributed by atoms with E-state index >= 15 is 0 Å². The summed E-state index contributed by atoms with van der Waals surface area (Å²) in [6.45, 7) is 0. The lowest BCUT2D eigenvalue weighted by Crippen LogP contribution is -1.90. The first-order chi connectivity index (χ1) is 10.1. The molecule has 0 radical (unpaired) electrons. The number of nitrogens with zero attached hydrogens (tertiary/aromatic N) is 2. The van der Waals surface area contributed by atoms with E-state index in [4.69, 9.17) is 4.52 Å². The molecule has 0 saturated carbocycles. The molecule has 6 heteroatoms. The lowest BCUT2D eigenvalue weighted by Gasteiger charge is -1.98. The molecule has 0 amide bonds. The van der Waals surface area contributed by atoms with Gasteiger partial charge in [-0.15, -0.1) is 0 Å². The molecule has 1 aromatic heterocycles. The van der Waals surface area contributed by atoms with Crippen molar-refractivity contribution < 1.29 is 19.1 Å². The molecule has 0 atom stereocenters. The minimum absolute atomic E-state index is 0.126. The molecule has 1 heterocycles. The van der Waals surface area contributed by atoms with Crippen LogP contribution in [0.3, 0.4) is 0 Å². The molecule has 0 fully saturated rings. The van der Waals surface area contributed by atoms with Crippen LogP contribution in [0, 0.1) is 5.82 Å². The topological polar surface area (TPSA) is 79.4 Å². The zero-order valence-corrected chi connectivity index (χ0v) is 10.8. The SMILES string of the molecule is Oc1ccc(Cc2noc(-c3ccc(F)cc3O)n2)cc1. The fraction of sp³-hybridized carbons (Fsp3) is 0.0667. The fourth-order valence-electron chi connectivity index (χ4n) is 1.92. The van der Waals surface area contributed by atoms with Gasteiger partial charge < -0.3 is 14.7 Å². The van der Waals surface area contributed by atoms with Gasteiger partial charge in [0.25, 0.3) is 5.89 Å². The summed E-state index contributed by atoms with van der Waals surface area (Å²) < 4.78 is 18.0. The van der Waals surface area contributed by atoms with E-state index in [1.54, 1.807) is 24.3 Å². The Hall–Kier alpha value is -2.89. The molecule has 3 rings (SSSR count). The quantitative estimate of drug-likeness (QED) is 0.774. The third-order valence-electron chi connectivity index (χ3n) is 2.96. The largest absolute Gasteiger partial charge is 0.508 e. The van der Waals surface area contributed by atoms with Crippen molar-refractivity contribution >= 4 is 0 Å². The lowest BCUT2D eigenvalue weighted by molar-refractivity contribution is 0.418. The van der Waals surface area contributed by atoms with Crippen molar-refractivity contribution in [3.63, 3.8) is 0 Å². The zero-order chi connectivity index (χ0) is 14.8. The van der Waals surface area contributed by atoms with Crippen LogP contribution in [0.2, 0.25) is 0 Å². The Balaban J connectivity index is 1.84. The Kier molecular flexibility index (Phi) is 3.27. The van der Waals surface area contributed by atoms with Gasteiger partial charge in [0.1, 0.15) is 17.3 Å². The highest BCUT2D eigenvalue weighted by Crippen LogP contribution is 2.28. The highest BCUT2D eigenvalue weighted by Gasteiger charge is 2.13. The number of phenols is 2. The van der Waals surface area contributed by atoms with Crippen LogP contribution in [0.25, 0.3) is 11.5 Å². The normalized spacial score (nSPS) is 10.7. The zero-order valence-electron chi connectivity index (χ0n) is 10.8. The highest BCUT2D eigenvalue weighted by atomic mass is 19.1. The van der Waals surface area contributed by atoms with Crippen molar-refractivity contribution in [2.45, 2.75) is 6.42 Å². The van der Waals surface area contributed by atoms with Crippen LogP contribution in [0.4, 0.5) is 4.39 Å². The van der Waals surface area contributed by atoms with Crippen LogP contribution < -0.4 is 0 Å². The molecule has 0 unspecified atom stereocenters. The fourth-order valence-corrected chi connectivity index (χ4v) is 1.92. The molecule has 5 nitrogen and oxygen atoms in total. The summed E-state index contributed by atoms with van der Waals surface area (Å²) in [6.07, 6.45) is 0.422. The van der Waals surface area contributed by atoms with E-state index in [1.165, 1.54) is 12.1 Å². The van der Waals surface area contributed by atoms with Crippen LogP contribution >= 0.6 is 0 Å². The summed E-state index contributed by atoms with van der Waals surface area (Å²) in [6, 6.07) is 10.2. The molecular formula is C15H11FN2O3.